The van der Waals surface area contributed by atoms with E-state index in [1.165, 1.54) is 88.0 Å². The first-order chi connectivity index (χ1) is 22.7. The van der Waals surface area contributed by atoms with E-state index in [1.807, 2.05) is 0 Å². The van der Waals surface area contributed by atoms with Crippen LogP contribution in [0.4, 0.5) is 11.4 Å². The van der Waals surface area contributed by atoms with E-state index in [9.17, 15) is 0 Å². The molecule has 0 radical (unpaired) electrons. The van der Waals surface area contributed by atoms with Crippen LogP contribution < -0.4 is 21.3 Å². The topological polar surface area (TPSA) is 3.24 Å². The first-order valence-electron chi connectivity index (χ1n) is 16.5. The van der Waals surface area contributed by atoms with E-state index in [1.54, 1.807) is 0 Å². The zero-order valence-corrected chi connectivity index (χ0v) is 26.3. The van der Waals surface area contributed by atoms with Crippen LogP contribution in [-0.2, 0) is 0 Å². The molecule has 0 N–H and O–H groups in total. The molecule has 0 saturated carbocycles. The molecule has 2 heteroatoms. The molecule has 1 aliphatic heterocycles. The maximum absolute atomic E-state index is 2.52. The molecular formula is C44H34BN. The highest BCUT2D eigenvalue weighted by Crippen LogP contribution is 2.40. The fourth-order valence-electron chi connectivity index (χ4n) is 8.09. The van der Waals surface area contributed by atoms with Crippen molar-refractivity contribution in [3.8, 4) is 11.1 Å². The van der Waals surface area contributed by atoms with Crippen molar-refractivity contribution in [1.29, 1.82) is 0 Å². The van der Waals surface area contributed by atoms with Crippen molar-refractivity contribution in [1.82, 2.24) is 0 Å². The fourth-order valence-corrected chi connectivity index (χ4v) is 8.09. The average molecular weight is 588 g/mol. The van der Waals surface area contributed by atoms with Crippen molar-refractivity contribution in [3.05, 3.63) is 162 Å². The summed E-state index contributed by atoms with van der Waals surface area (Å²) in [5.41, 5.74) is 13.1. The van der Waals surface area contributed by atoms with Crippen LogP contribution >= 0.6 is 0 Å². The first kappa shape index (κ1) is 27.0. The number of allylic oxidation sites excluding steroid dienone is 3. The van der Waals surface area contributed by atoms with Gasteiger partial charge in [-0.25, -0.2) is 0 Å². The average Bonchev–Trinajstić information content (AvgIpc) is 3.11. The lowest BCUT2D eigenvalue weighted by atomic mass is 9.34. The van der Waals surface area contributed by atoms with Crippen LogP contribution in [0.5, 0.6) is 0 Å². The summed E-state index contributed by atoms with van der Waals surface area (Å²) in [6.07, 6.45) is 9.19. The number of benzene rings is 7. The molecule has 0 unspecified atom stereocenters. The van der Waals surface area contributed by atoms with Crippen LogP contribution in [-0.4, -0.2) is 6.71 Å². The van der Waals surface area contributed by atoms with Gasteiger partial charge in [0.25, 0.3) is 0 Å². The van der Waals surface area contributed by atoms with Gasteiger partial charge >= 0.3 is 0 Å². The Morgan fingerprint density at radius 3 is 1.83 bits per heavy atom. The molecule has 0 amide bonds. The highest BCUT2D eigenvalue weighted by molar-refractivity contribution is 6.98. The molecule has 0 aromatic heterocycles. The Labute approximate surface area is 271 Å². The summed E-state index contributed by atoms with van der Waals surface area (Å²) in [5, 5.41) is 7.85. The molecule has 0 fully saturated rings. The summed E-state index contributed by atoms with van der Waals surface area (Å²) < 4.78 is 0. The number of para-hydroxylation sites is 1. The highest BCUT2D eigenvalue weighted by atomic mass is 15.2. The molecule has 1 nitrogen and oxygen atoms in total. The van der Waals surface area contributed by atoms with Gasteiger partial charge < -0.3 is 4.90 Å². The molecule has 9 rings (SSSR count). The normalized spacial score (nSPS) is 14.1. The third-order valence-electron chi connectivity index (χ3n) is 10.2. The van der Waals surface area contributed by atoms with Gasteiger partial charge in [-0.1, -0.05) is 138 Å². The minimum Gasteiger partial charge on any atom is -0.312 e. The van der Waals surface area contributed by atoms with Crippen molar-refractivity contribution >= 4 is 66.8 Å². The summed E-state index contributed by atoms with van der Waals surface area (Å²) in [5.74, 6) is 0. The summed E-state index contributed by atoms with van der Waals surface area (Å²) in [6.45, 7) is 4.73. The van der Waals surface area contributed by atoms with E-state index >= 15 is 0 Å². The van der Waals surface area contributed by atoms with Gasteiger partial charge in [-0.2, -0.15) is 0 Å². The third kappa shape index (κ3) is 4.10. The third-order valence-corrected chi connectivity index (χ3v) is 10.2. The van der Waals surface area contributed by atoms with Crippen molar-refractivity contribution < 1.29 is 0 Å². The van der Waals surface area contributed by atoms with E-state index in [0.717, 1.165) is 12.8 Å². The molecular weight excluding hydrogens is 553 g/mol. The van der Waals surface area contributed by atoms with Gasteiger partial charge in [0.2, 0.25) is 6.71 Å². The van der Waals surface area contributed by atoms with Gasteiger partial charge in [-0.15, -0.1) is 0 Å². The van der Waals surface area contributed by atoms with E-state index in [-0.39, 0.29) is 6.71 Å². The summed E-state index contributed by atoms with van der Waals surface area (Å²) in [7, 11) is 0. The maximum Gasteiger partial charge on any atom is 0.247 e. The van der Waals surface area contributed by atoms with Gasteiger partial charge in [-0.05, 0) is 105 Å². The monoisotopic (exact) mass is 587 g/mol. The first-order valence-corrected chi connectivity index (χ1v) is 16.5. The molecule has 46 heavy (non-hydrogen) atoms. The predicted molar refractivity (Wildman–Crippen MR) is 200 cm³/mol. The molecule has 7 aromatic rings. The van der Waals surface area contributed by atoms with E-state index in [0.29, 0.717) is 0 Å². The van der Waals surface area contributed by atoms with E-state index < -0.39 is 0 Å². The number of aryl methyl sites for hydroxylation is 2. The molecule has 0 bridgehead atoms. The standard InChI is InChI=1S/C44H34BN/c1-29-14-6-11-21-40(29)45-41-22-12-13-23-42(41)46(33-15-4-3-5-16-33)43-28-32(26-30(2)44(43)45)31-24-25-38-36-19-8-7-17-34(36)35-18-9-10-20-37(35)39(38)27-31/h4,6-28H,3,5H2,1-2H3. The summed E-state index contributed by atoms with van der Waals surface area (Å²) >= 11 is 0. The lowest BCUT2D eigenvalue weighted by Crippen LogP contribution is -2.59. The SMILES string of the molecule is Cc1ccccc1B1c2ccccc2N(C2=CCCC=C2)c2cc(-c3ccc4c5ccccc5c5ccccc5c4c3)cc(C)c21. The van der Waals surface area contributed by atoms with Gasteiger partial charge in [0.05, 0.1) is 0 Å². The van der Waals surface area contributed by atoms with Gasteiger partial charge in [0, 0.05) is 17.1 Å². The molecule has 0 atom stereocenters. The van der Waals surface area contributed by atoms with Crippen molar-refractivity contribution in [2.45, 2.75) is 26.7 Å². The van der Waals surface area contributed by atoms with Crippen molar-refractivity contribution in [2.75, 3.05) is 4.90 Å². The van der Waals surface area contributed by atoms with Crippen LogP contribution in [0.3, 0.4) is 0 Å². The quantitative estimate of drug-likeness (QED) is 0.147. The molecule has 1 aliphatic carbocycles. The zero-order chi connectivity index (χ0) is 30.8. The Hall–Kier alpha value is -5.34. The van der Waals surface area contributed by atoms with Crippen LogP contribution in [0.1, 0.15) is 24.0 Å². The molecule has 218 valence electrons. The number of anilines is 2. The van der Waals surface area contributed by atoms with E-state index in [4.69, 9.17) is 0 Å². The summed E-state index contributed by atoms with van der Waals surface area (Å²) in [4.78, 5) is 2.52. The minimum atomic E-state index is 0.165. The fraction of sp³-hybridized carbons (Fsp3) is 0.0909. The predicted octanol–water partition coefficient (Wildman–Crippen LogP) is 9.63. The number of nitrogens with zero attached hydrogens (tertiary/aromatic N) is 1. The van der Waals surface area contributed by atoms with Crippen LogP contribution in [0, 0.1) is 13.8 Å². The Bertz CT molecular complexity index is 2380. The summed E-state index contributed by atoms with van der Waals surface area (Å²) in [6, 6.07) is 47.6. The van der Waals surface area contributed by atoms with Crippen LogP contribution in [0.25, 0.3) is 43.4 Å². The Morgan fingerprint density at radius 2 is 1.13 bits per heavy atom. The van der Waals surface area contributed by atoms with Crippen LogP contribution in [0.2, 0.25) is 0 Å². The van der Waals surface area contributed by atoms with Crippen molar-refractivity contribution in [3.63, 3.8) is 0 Å². The Morgan fingerprint density at radius 1 is 0.500 bits per heavy atom. The Balaban J connectivity index is 1.32. The lowest BCUT2D eigenvalue weighted by Gasteiger charge is -2.39. The molecule has 7 aromatic carbocycles. The number of rotatable bonds is 3. The highest BCUT2D eigenvalue weighted by Gasteiger charge is 2.37. The van der Waals surface area contributed by atoms with Gasteiger partial charge in [0.15, 0.2) is 0 Å². The van der Waals surface area contributed by atoms with Gasteiger partial charge in [-0.3, -0.25) is 0 Å². The second kappa shape index (κ2) is 10.6. The largest absolute Gasteiger partial charge is 0.312 e. The molecule has 0 spiro atoms. The molecule has 1 heterocycles. The van der Waals surface area contributed by atoms with Crippen molar-refractivity contribution in [2.24, 2.45) is 0 Å². The second-order valence-corrected chi connectivity index (χ2v) is 12.9. The lowest BCUT2D eigenvalue weighted by molar-refractivity contribution is 0.998. The zero-order valence-electron chi connectivity index (χ0n) is 26.3. The van der Waals surface area contributed by atoms with Gasteiger partial charge in [0.1, 0.15) is 0 Å². The maximum atomic E-state index is 2.52. The molecule has 0 saturated heterocycles. The Kier molecular flexibility index (Phi) is 6.25. The smallest absolute Gasteiger partial charge is 0.247 e. The number of hydrogen-bond acceptors (Lipinski definition) is 1. The second-order valence-electron chi connectivity index (χ2n) is 12.9. The number of fused-ring (bicyclic) bond motifs is 8. The van der Waals surface area contributed by atoms with E-state index in [2.05, 4.69) is 164 Å². The van der Waals surface area contributed by atoms with Crippen LogP contribution in [0.15, 0.2) is 151 Å². The number of hydrogen-bond donors (Lipinski definition) is 0. The minimum absolute atomic E-state index is 0.165. The molecule has 2 aliphatic rings.